The Labute approximate surface area is 90.2 Å². The molecule has 0 aliphatic carbocycles. The molecule has 0 bridgehead atoms. The molecule has 0 aliphatic heterocycles. The van der Waals surface area contributed by atoms with Crippen LogP contribution < -0.4 is 10.5 Å². The molecule has 0 aliphatic rings. The van der Waals surface area contributed by atoms with Crippen molar-refractivity contribution in [2.75, 3.05) is 7.11 Å². The maximum absolute atomic E-state index is 11.0. The first kappa shape index (κ1) is 11.7. The third-order valence-electron chi connectivity index (χ3n) is 2.29. The van der Waals surface area contributed by atoms with E-state index >= 15 is 0 Å². The van der Waals surface area contributed by atoms with Gasteiger partial charge in [0.1, 0.15) is 11.5 Å². The minimum absolute atomic E-state index is 0.0889. The van der Waals surface area contributed by atoms with E-state index in [1.807, 2.05) is 25.1 Å². The van der Waals surface area contributed by atoms with Gasteiger partial charge in [0.15, 0.2) is 0 Å². The zero-order chi connectivity index (χ0) is 11.4. The van der Waals surface area contributed by atoms with Gasteiger partial charge in [-0.25, -0.2) is 0 Å². The molecule has 2 N–H and O–H groups in total. The Morgan fingerprint density at radius 3 is 2.73 bits per heavy atom. The third-order valence-corrected chi connectivity index (χ3v) is 2.29. The molecule has 82 valence electrons. The molecule has 0 amide bonds. The lowest BCUT2D eigenvalue weighted by molar-refractivity contribution is -0.117. The maximum Gasteiger partial charge on any atom is 0.131 e. The number of benzene rings is 1. The topological polar surface area (TPSA) is 52.3 Å². The van der Waals surface area contributed by atoms with E-state index in [1.165, 1.54) is 0 Å². The lowest BCUT2D eigenvalue weighted by Gasteiger charge is -2.15. The van der Waals surface area contributed by atoms with Crippen molar-refractivity contribution in [1.82, 2.24) is 0 Å². The summed E-state index contributed by atoms with van der Waals surface area (Å²) in [6, 6.07) is 5.53. The molecule has 0 heterocycles. The van der Waals surface area contributed by atoms with Crippen LogP contribution in [0.25, 0.3) is 0 Å². The number of ketones is 1. The van der Waals surface area contributed by atoms with Gasteiger partial charge in [-0.1, -0.05) is 17.7 Å². The number of nitrogens with two attached hydrogens (primary N) is 1. The highest BCUT2D eigenvalue weighted by Crippen LogP contribution is 2.26. The van der Waals surface area contributed by atoms with Crippen molar-refractivity contribution in [1.29, 1.82) is 0 Å². The zero-order valence-electron chi connectivity index (χ0n) is 9.41. The van der Waals surface area contributed by atoms with E-state index in [0.29, 0.717) is 6.42 Å². The summed E-state index contributed by atoms with van der Waals surface area (Å²) in [7, 11) is 1.61. The van der Waals surface area contributed by atoms with Crippen LogP contribution in [0, 0.1) is 6.92 Å². The second-order valence-electron chi connectivity index (χ2n) is 3.76. The second-order valence-corrected chi connectivity index (χ2v) is 3.76. The number of methoxy groups -OCH3 is 1. The molecule has 1 aromatic carbocycles. The lowest BCUT2D eigenvalue weighted by Crippen LogP contribution is -2.15. The van der Waals surface area contributed by atoms with E-state index in [2.05, 4.69) is 0 Å². The Morgan fingerprint density at radius 1 is 1.53 bits per heavy atom. The van der Waals surface area contributed by atoms with Gasteiger partial charge in [0.05, 0.1) is 7.11 Å². The first-order valence-corrected chi connectivity index (χ1v) is 4.94. The average Bonchev–Trinajstić information content (AvgIpc) is 2.16. The van der Waals surface area contributed by atoms with Gasteiger partial charge >= 0.3 is 0 Å². The number of ether oxygens (including phenoxy) is 1. The minimum atomic E-state index is -0.280. The summed E-state index contributed by atoms with van der Waals surface area (Å²) < 4.78 is 5.21. The van der Waals surface area contributed by atoms with Crippen molar-refractivity contribution < 1.29 is 9.53 Å². The van der Waals surface area contributed by atoms with Crippen LogP contribution >= 0.6 is 0 Å². The van der Waals surface area contributed by atoms with Crippen molar-refractivity contribution in [2.24, 2.45) is 5.73 Å². The molecule has 0 aromatic heterocycles. The molecule has 1 unspecified atom stereocenters. The Bertz CT molecular complexity index is 361. The minimum Gasteiger partial charge on any atom is -0.496 e. The summed E-state index contributed by atoms with van der Waals surface area (Å²) in [6.07, 6.45) is 0.347. The van der Waals surface area contributed by atoms with Crippen molar-refractivity contribution >= 4 is 5.78 Å². The molecule has 1 aromatic rings. The first-order valence-electron chi connectivity index (χ1n) is 4.94. The molecule has 15 heavy (non-hydrogen) atoms. The number of hydrogen-bond donors (Lipinski definition) is 1. The predicted octanol–water partition coefficient (Wildman–Crippen LogP) is 1.98. The van der Waals surface area contributed by atoms with Crippen molar-refractivity contribution in [3.63, 3.8) is 0 Å². The average molecular weight is 207 g/mol. The lowest BCUT2D eigenvalue weighted by atomic mass is 10.00. The van der Waals surface area contributed by atoms with Crippen LogP contribution in [0.1, 0.15) is 30.5 Å². The van der Waals surface area contributed by atoms with E-state index in [-0.39, 0.29) is 11.8 Å². The SMILES string of the molecule is COc1ccc(C)cc1C(N)CC(C)=O. The zero-order valence-corrected chi connectivity index (χ0v) is 9.41. The molecule has 0 saturated carbocycles. The van der Waals surface area contributed by atoms with E-state index in [9.17, 15) is 4.79 Å². The molecule has 0 saturated heterocycles. The third kappa shape index (κ3) is 3.06. The number of carbonyl (C=O) groups excluding carboxylic acids is 1. The van der Waals surface area contributed by atoms with E-state index in [1.54, 1.807) is 14.0 Å². The molecule has 0 spiro atoms. The number of rotatable bonds is 4. The summed E-state index contributed by atoms with van der Waals surface area (Å²) in [5, 5.41) is 0. The Balaban J connectivity index is 2.99. The predicted molar refractivity (Wildman–Crippen MR) is 60.0 cm³/mol. The van der Waals surface area contributed by atoms with Crippen LogP contribution in [0.2, 0.25) is 0 Å². The standard InChI is InChI=1S/C12H17NO2/c1-8-4-5-12(15-3)10(6-8)11(13)7-9(2)14/h4-6,11H,7,13H2,1-3H3. The van der Waals surface area contributed by atoms with Gasteiger partial charge in [0.2, 0.25) is 0 Å². The fourth-order valence-electron chi connectivity index (χ4n) is 1.56. The van der Waals surface area contributed by atoms with Gasteiger partial charge in [-0.3, -0.25) is 4.79 Å². The Hall–Kier alpha value is -1.35. The van der Waals surface area contributed by atoms with E-state index in [0.717, 1.165) is 16.9 Å². The number of Topliss-reactive ketones (excluding diaryl/α,β-unsaturated/α-hetero) is 1. The molecule has 3 heteroatoms. The van der Waals surface area contributed by atoms with E-state index in [4.69, 9.17) is 10.5 Å². The van der Waals surface area contributed by atoms with E-state index < -0.39 is 0 Å². The first-order chi connectivity index (χ1) is 7.04. The highest BCUT2D eigenvalue weighted by molar-refractivity contribution is 5.76. The summed E-state index contributed by atoms with van der Waals surface area (Å²) in [5.41, 5.74) is 7.95. The van der Waals surface area contributed by atoms with Gasteiger partial charge < -0.3 is 10.5 Å². The molecular formula is C12H17NO2. The highest BCUT2D eigenvalue weighted by atomic mass is 16.5. The van der Waals surface area contributed by atoms with Crippen molar-refractivity contribution in [3.05, 3.63) is 29.3 Å². The Morgan fingerprint density at radius 2 is 2.20 bits per heavy atom. The number of aryl methyl sites for hydroxylation is 1. The Kier molecular flexibility index (Phi) is 3.86. The van der Waals surface area contributed by atoms with Gasteiger partial charge in [-0.15, -0.1) is 0 Å². The maximum atomic E-state index is 11.0. The monoisotopic (exact) mass is 207 g/mol. The highest BCUT2D eigenvalue weighted by Gasteiger charge is 2.13. The molecule has 1 rings (SSSR count). The van der Waals surface area contributed by atoms with Gasteiger partial charge in [0, 0.05) is 18.0 Å². The quantitative estimate of drug-likeness (QED) is 0.821. The van der Waals surface area contributed by atoms with Crippen LogP contribution in [0.15, 0.2) is 18.2 Å². The van der Waals surface area contributed by atoms with Crippen LogP contribution in [0.3, 0.4) is 0 Å². The summed E-state index contributed by atoms with van der Waals surface area (Å²) >= 11 is 0. The van der Waals surface area contributed by atoms with Crippen LogP contribution in [-0.4, -0.2) is 12.9 Å². The molecule has 1 atom stereocenters. The van der Waals surface area contributed by atoms with Gasteiger partial charge in [-0.05, 0) is 19.9 Å². The van der Waals surface area contributed by atoms with Crippen LogP contribution in [0.4, 0.5) is 0 Å². The molecule has 3 nitrogen and oxygen atoms in total. The number of hydrogen-bond acceptors (Lipinski definition) is 3. The normalized spacial score (nSPS) is 12.3. The molecule has 0 radical (unpaired) electrons. The smallest absolute Gasteiger partial charge is 0.131 e. The van der Waals surface area contributed by atoms with Gasteiger partial charge in [-0.2, -0.15) is 0 Å². The van der Waals surface area contributed by atoms with Crippen molar-refractivity contribution in [3.8, 4) is 5.75 Å². The van der Waals surface area contributed by atoms with Gasteiger partial charge in [0.25, 0.3) is 0 Å². The molecule has 0 fully saturated rings. The summed E-state index contributed by atoms with van der Waals surface area (Å²) in [5.74, 6) is 0.834. The fraction of sp³-hybridized carbons (Fsp3) is 0.417. The summed E-state index contributed by atoms with van der Waals surface area (Å²) in [6.45, 7) is 3.53. The largest absolute Gasteiger partial charge is 0.496 e. The fourth-order valence-corrected chi connectivity index (χ4v) is 1.56. The molecular weight excluding hydrogens is 190 g/mol. The van der Waals surface area contributed by atoms with Crippen LogP contribution in [-0.2, 0) is 4.79 Å². The second kappa shape index (κ2) is 4.94. The summed E-state index contributed by atoms with van der Waals surface area (Å²) in [4.78, 5) is 11.0. The van der Waals surface area contributed by atoms with Crippen molar-refractivity contribution in [2.45, 2.75) is 26.3 Å². The number of carbonyl (C=O) groups is 1. The van der Waals surface area contributed by atoms with Crippen LogP contribution in [0.5, 0.6) is 5.75 Å².